The number of phosphoric acid groups is 1. The standard InChI is InChI=1S/C42H63O4P/c1-28(2)19-34-13-16-40(37(25-34)22-31(7)8)44-47(43,45-41-17-14-35(20-29(3)4)26-38(41)23-32(9)10)46-42-18-15-36(21-30(5)6)27-39(42)24-33(11)12/h13-18,25-33H,19-24H2,1-12H3. The minimum Gasteiger partial charge on any atom is -0.386 e. The van der Waals surface area contributed by atoms with E-state index in [-0.39, 0.29) is 0 Å². The summed E-state index contributed by atoms with van der Waals surface area (Å²) in [7, 11) is -4.22. The molecule has 3 rings (SSSR count). The van der Waals surface area contributed by atoms with Crippen LogP contribution < -0.4 is 13.6 Å². The maximum absolute atomic E-state index is 15.2. The zero-order valence-corrected chi connectivity index (χ0v) is 32.4. The molecule has 3 aromatic rings. The van der Waals surface area contributed by atoms with E-state index in [4.69, 9.17) is 13.6 Å². The summed E-state index contributed by atoms with van der Waals surface area (Å²) in [4.78, 5) is 0. The fraction of sp³-hybridized carbons (Fsp3) is 0.571. The average molecular weight is 663 g/mol. The maximum atomic E-state index is 15.2. The number of hydrogen-bond acceptors (Lipinski definition) is 4. The second-order valence-electron chi connectivity index (χ2n) is 16.1. The minimum atomic E-state index is -4.22. The van der Waals surface area contributed by atoms with Crippen molar-refractivity contribution in [3.63, 3.8) is 0 Å². The molecular formula is C42H63O4P. The van der Waals surface area contributed by atoms with Gasteiger partial charge in [0.05, 0.1) is 0 Å². The van der Waals surface area contributed by atoms with Crippen molar-refractivity contribution in [2.45, 2.75) is 122 Å². The van der Waals surface area contributed by atoms with Crippen LogP contribution in [-0.2, 0) is 43.1 Å². The van der Waals surface area contributed by atoms with E-state index in [0.717, 1.165) is 55.2 Å². The molecule has 0 amide bonds. The summed E-state index contributed by atoms with van der Waals surface area (Å²) in [5.74, 6) is 4.43. The Morgan fingerprint density at radius 1 is 0.404 bits per heavy atom. The lowest BCUT2D eigenvalue weighted by atomic mass is 9.96. The van der Waals surface area contributed by atoms with Crippen LogP contribution in [0.1, 0.15) is 116 Å². The summed E-state index contributed by atoms with van der Waals surface area (Å²) in [6.07, 6.45) is 5.31. The van der Waals surface area contributed by atoms with Gasteiger partial charge < -0.3 is 13.6 Å². The molecule has 0 saturated heterocycles. The summed E-state index contributed by atoms with van der Waals surface area (Å²) in [6.45, 7) is 26.5. The van der Waals surface area contributed by atoms with Crippen LogP contribution in [0.3, 0.4) is 0 Å². The zero-order chi connectivity index (χ0) is 34.9. The van der Waals surface area contributed by atoms with Gasteiger partial charge in [0.15, 0.2) is 0 Å². The molecule has 0 spiro atoms. The Bertz CT molecular complexity index is 1290. The Balaban J connectivity index is 2.16. The van der Waals surface area contributed by atoms with Crippen molar-refractivity contribution in [1.82, 2.24) is 0 Å². The first-order chi connectivity index (χ1) is 22.0. The molecule has 5 heteroatoms. The molecule has 3 aromatic carbocycles. The first-order valence-electron chi connectivity index (χ1n) is 18.1. The third-order valence-electron chi connectivity index (χ3n) is 7.82. The van der Waals surface area contributed by atoms with Gasteiger partial charge in [-0.2, -0.15) is 4.57 Å². The first-order valence-corrected chi connectivity index (χ1v) is 19.5. The Hall–Kier alpha value is -2.71. The highest BCUT2D eigenvalue weighted by Gasteiger charge is 2.36. The predicted octanol–water partition coefficient (Wildman–Crippen LogP) is 12.5. The van der Waals surface area contributed by atoms with Gasteiger partial charge in [-0.25, -0.2) is 0 Å². The Labute approximate surface area is 287 Å². The quantitative estimate of drug-likeness (QED) is 0.127. The fourth-order valence-electron chi connectivity index (χ4n) is 6.18. The van der Waals surface area contributed by atoms with Crippen molar-refractivity contribution < 1.29 is 18.1 Å². The van der Waals surface area contributed by atoms with Crippen molar-refractivity contribution >= 4 is 7.82 Å². The van der Waals surface area contributed by atoms with Gasteiger partial charge in [0, 0.05) is 0 Å². The van der Waals surface area contributed by atoms with E-state index in [2.05, 4.69) is 119 Å². The molecule has 47 heavy (non-hydrogen) atoms. The van der Waals surface area contributed by atoms with E-state index in [9.17, 15) is 0 Å². The van der Waals surface area contributed by atoms with E-state index in [1.54, 1.807) is 0 Å². The monoisotopic (exact) mass is 662 g/mol. The molecule has 0 bridgehead atoms. The molecule has 0 radical (unpaired) electrons. The van der Waals surface area contributed by atoms with Crippen LogP contribution in [0.25, 0.3) is 0 Å². The van der Waals surface area contributed by atoms with Crippen LogP contribution >= 0.6 is 7.82 Å². The maximum Gasteiger partial charge on any atom is 0.647 e. The molecule has 0 aliphatic heterocycles. The number of phosphoric ester groups is 1. The van der Waals surface area contributed by atoms with E-state index in [1.807, 2.05) is 18.2 Å². The molecule has 0 aliphatic rings. The highest BCUT2D eigenvalue weighted by Crippen LogP contribution is 2.52. The van der Waals surface area contributed by atoms with Crippen molar-refractivity contribution in [3.8, 4) is 17.2 Å². The molecular weight excluding hydrogens is 599 g/mol. The highest BCUT2D eigenvalue weighted by molar-refractivity contribution is 7.49. The van der Waals surface area contributed by atoms with Gasteiger partial charge in [-0.15, -0.1) is 0 Å². The summed E-state index contributed by atoms with van der Waals surface area (Å²) in [5, 5.41) is 0. The smallest absolute Gasteiger partial charge is 0.386 e. The Morgan fingerprint density at radius 2 is 0.638 bits per heavy atom. The van der Waals surface area contributed by atoms with Gasteiger partial charge in [-0.05, 0) is 126 Å². The number of rotatable bonds is 18. The molecule has 260 valence electrons. The largest absolute Gasteiger partial charge is 0.647 e. The molecule has 4 nitrogen and oxygen atoms in total. The second-order valence-corrected chi connectivity index (χ2v) is 17.6. The molecule has 0 fully saturated rings. The molecule has 0 unspecified atom stereocenters. The highest BCUT2D eigenvalue weighted by atomic mass is 31.2. The number of benzene rings is 3. The van der Waals surface area contributed by atoms with Crippen molar-refractivity contribution in [1.29, 1.82) is 0 Å². The van der Waals surface area contributed by atoms with E-state index < -0.39 is 7.82 Å². The van der Waals surface area contributed by atoms with E-state index in [0.29, 0.717) is 52.8 Å². The molecule has 0 atom stereocenters. The third-order valence-corrected chi connectivity index (χ3v) is 9.08. The summed E-state index contributed by atoms with van der Waals surface area (Å²) >= 11 is 0. The molecule has 0 aromatic heterocycles. The lowest BCUT2D eigenvalue weighted by molar-refractivity contribution is 0.294. The zero-order valence-electron chi connectivity index (χ0n) is 31.5. The molecule has 0 N–H and O–H groups in total. The van der Waals surface area contributed by atoms with Crippen LogP contribution in [0.5, 0.6) is 17.2 Å². The van der Waals surface area contributed by atoms with Gasteiger partial charge in [0.25, 0.3) is 0 Å². The van der Waals surface area contributed by atoms with Gasteiger partial charge >= 0.3 is 7.82 Å². The van der Waals surface area contributed by atoms with Crippen molar-refractivity contribution in [2.24, 2.45) is 35.5 Å². The summed E-state index contributed by atoms with van der Waals surface area (Å²) in [5.41, 5.74) is 6.82. The molecule has 0 heterocycles. The number of hydrogen-bond donors (Lipinski definition) is 0. The van der Waals surface area contributed by atoms with Crippen LogP contribution in [0.4, 0.5) is 0 Å². The summed E-state index contributed by atoms with van der Waals surface area (Å²) in [6, 6.07) is 18.7. The molecule has 0 aliphatic carbocycles. The Kier molecular flexibility index (Phi) is 14.5. The Morgan fingerprint density at radius 3 is 0.851 bits per heavy atom. The molecule has 0 saturated carbocycles. The SMILES string of the molecule is CC(C)Cc1ccc(OP(=O)(Oc2ccc(CC(C)C)cc2CC(C)C)Oc2ccc(CC(C)C)cc2CC(C)C)c(CC(C)C)c1. The van der Waals surface area contributed by atoms with Crippen LogP contribution in [0.15, 0.2) is 54.6 Å². The third kappa shape index (κ3) is 13.0. The van der Waals surface area contributed by atoms with Crippen LogP contribution in [0, 0.1) is 35.5 Å². The first kappa shape index (κ1) is 38.7. The van der Waals surface area contributed by atoms with Crippen molar-refractivity contribution in [2.75, 3.05) is 0 Å². The van der Waals surface area contributed by atoms with E-state index in [1.165, 1.54) is 16.7 Å². The van der Waals surface area contributed by atoms with Gasteiger partial charge in [0.1, 0.15) is 17.2 Å². The average Bonchev–Trinajstić information content (AvgIpc) is 2.91. The lowest BCUT2D eigenvalue weighted by Crippen LogP contribution is -2.12. The fourth-order valence-corrected chi connectivity index (χ4v) is 7.54. The summed E-state index contributed by atoms with van der Waals surface area (Å²) < 4.78 is 34.7. The predicted molar refractivity (Wildman–Crippen MR) is 200 cm³/mol. The van der Waals surface area contributed by atoms with Gasteiger partial charge in [-0.3, -0.25) is 0 Å². The normalized spacial score (nSPS) is 12.3. The van der Waals surface area contributed by atoms with Crippen molar-refractivity contribution in [3.05, 3.63) is 88.0 Å². The minimum absolute atomic E-state index is 0.394. The van der Waals surface area contributed by atoms with Crippen LogP contribution in [0.2, 0.25) is 0 Å². The van der Waals surface area contributed by atoms with Gasteiger partial charge in [0.2, 0.25) is 0 Å². The second kappa shape index (κ2) is 17.6. The van der Waals surface area contributed by atoms with Gasteiger partial charge in [-0.1, -0.05) is 119 Å². The van der Waals surface area contributed by atoms with Crippen LogP contribution in [-0.4, -0.2) is 0 Å². The lowest BCUT2D eigenvalue weighted by Gasteiger charge is -2.25. The van der Waals surface area contributed by atoms with E-state index >= 15 is 4.57 Å². The topological polar surface area (TPSA) is 44.8 Å².